The molecule has 1 N–H and O–H groups in total. The van der Waals surface area contributed by atoms with Crippen molar-refractivity contribution in [3.63, 3.8) is 0 Å². The molecule has 0 spiro atoms. The number of ether oxygens (including phenoxy) is 2. The Morgan fingerprint density at radius 1 is 0.806 bits per heavy atom. The minimum Gasteiger partial charge on any atom is -0.456 e. The number of amides is 1. The molecule has 0 fully saturated rings. The van der Waals surface area contributed by atoms with Crippen molar-refractivity contribution in [3.05, 3.63) is 48.8 Å². The van der Waals surface area contributed by atoms with Gasteiger partial charge in [-0.2, -0.15) is 0 Å². The number of hydrogen-bond acceptors (Lipinski definition) is 4. The van der Waals surface area contributed by atoms with E-state index >= 15 is 0 Å². The summed E-state index contributed by atoms with van der Waals surface area (Å²) in [5.41, 5.74) is 0.679. The maximum atomic E-state index is 11.9. The third-order valence-electron chi connectivity index (χ3n) is 5.20. The zero-order valence-electron chi connectivity index (χ0n) is 19.0. The third-order valence-corrected chi connectivity index (χ3v) is 5.20. The Morgan fingerprint density at radius 2 is 1.42 bits per heavy atom. The lowest BCUT2D eigenvalue weighted by Crippen LogP contribution is -2.14. The van der Waals surface area contributed by atoms with Gasteiger partial charge in [0, 0.05) is 11.9 Å². The highest BCUT2D eigenvalue weighted by Gasteiger charge is 2.04. The van der Waals surface area contributed by atoms with Crippen molar-refractivity contribution in [1.29, 1.82) is 0 Å². The molecule has 1 heterocycles. The van der Waals surface area contributed by atoms with E-state index in [1.807, 2.05) is 12.1 Å². The van der Waals surface area contributed by atoms with Crippen LogP contribution >= 0.6 is 0 Å². The van der Waals surface area contributed by atoms with E-state index in [0.717, 1.165) is 12.8 Å². The van der Waals surface area contributed by atoms with Gasteiger partial charge in [-0.05, 0) is 42.8 Å². The number of aromatic nitrogens is 1. The van der Waals surface area contributed by atoms with Gasteiger partial charge >= 0.3 is 6.09 Å². The first kappa shape index (κ1) is 24.7. The van der Waals surface area contributed by atoms with Crippen molar-refractivity contribution >= 4 is 11.8 Å². The summed E-state index contributed by atoms with van der Waals surface area (Å²) in [7, 11) is 0. The lowest BCUT2D eigenvalue weighted by Gasteiger charge is -2.09. The van der Waals surface area contributed by atoms with Gasteiger partial charge in [0.1, 0.15) is 11.5 Å². The predicted molar refractivity (Wildman–Crippen MR) is 127 cm³/mol. The largest absolute Gasteiger partial charge is 0.456 e. The quantitative estimate of drug-likeness (QED) is 0.275. The molecule has 5 heteroatoms. The molecular weight excluding hydrogens is 388 g/mol. The van der Waals surface area contributed by atoms with Gasteiger partial charge in [-0.25, -0.2) is 4.79 Å². The van der Waals surface area contributed by atoms with Crippen LogP contribution in [-0.2, 0) is 4.74 Å². The average Bonchev–Trinajstić information content (AvgIpc) is 2.79. The maximum Gasteiger partial charge on any atom is 0.411 e. The number of pyridine rings is 1. The summed E-state index contributed by atoms with van der Waals surface area (Å²) < 4.78 is 11.0. The van der Waals surface area contributed by atoms with Gasteiger partial charge in [-0.15, -0.1) is 0 Å². The maximum absolute atomic E-state index is 11.9. The molecule has 170 valence electrons. The summed E-state index contributed by atoms with van der Waals surface area (Å²) in [6.07, 6.45) is 18.4. The molecule has 0 unspecified atom stereocenters. The van der Waals surface area contributed by atoms with E-state index in [1.165, 1.54) is 64.2 Å². The molecule has 0 aliphatic rings. The van der Waals surface area contributed by atoms with Crippen LogP contribution in [0.2, 0.25) is 0 Å². The lowest BCUT2D eigenvalue weighted by molar-refractivity contribution is 0.159. The summed E-state index contributed by atoms with van der Waals surface area (Å²) in [6, 6.07) is 10.8. The SMILES string of the molecule is CCCCCCCCCCCCCCOC(=O)Nc1ccc(Oc2cccnc2)cc1. The van der Waals surface area contributed by atoms with Crippen LogP contribution in [0.1, 0.15) is 84.0 Å². The Labute approximate surface area is 187 Å². The molecule has 0 radical (unpaired) electrons. The highest BCUT2D eigenvalue weighted by molar-refractivity contribution is 5.84. The second-order valence-electron chi connectivity index (χ2n) is 7.97. The van der Waals surface area contributed by atoms with Crippen LogP contribution in [0.4, 0.5) is 10.5 Å². The minimum atomic E-state index is -0.413. The monoisotopic (exact) mass is 426 g/mol. The van der Waals surface area contributed by atoms with E-state index in [1.54, 1.807) is 36.7 Å². The van der Waals surface area contributed by atoms with Gasteiger partial charge in [0.05, 0.1) is 12.8 Å². The van der Waals surface area contributed by atoms with E-state index in [9.17, 15) is 4.79 Å². The van der Waals surface area contributed by atoms with Crippen molar-refractivity contribution < 1.29 is 14.3 Å². The zero-order valence-corrected chi connectivity index (χ0v) is 19.0. The van der Waals surface area contributed by atoms with Crippen LogP contribution in [-0.4, -0.2) is 17.7 Å². The number of hydrogen-bond donors (Lipinski definition) is 1. The van der Waals surface area contributed by atoms with Crippen molar-refractivity contribution in [2.24, 2.45) is 0 Å². The van der Waals surface area contributed by atoms with Crippen LogP contribution in [0, 0.1) is 0 Å². The van der Waals surface area contributed by atoms with Crippen LogP contribution in [0.15, 0.2) is 48.8 Å². The smallest absolute Gasteiger partial charge is 0.411 e. The first-order valence-corrected chi connectivity index (χ1v) is 11.9. The average molecular weight is 427 g/mol. The molecule has 0 atom stereocenters. The molecule has 31 heavy (non-hydrogen) atoms. The van der Waals surface area contributed by atoms with E-state index < -0.39 is 6.09 Å². The normalized spacial score (nSPS) is 10.6. The highest BCUT2D eigenvalue weighted by atomic mass is 16.5. The molecule has 0 bridgehead atoms. The number of unbranched alkanes of at least 4 members (excludes halogenated alkanes) is 11. The van der Waals surface area contributed by atoms with Crippen molar-refractivity contribution in [2.75, 3.05) is 11.9 Å². The van der Waals surface area contributed by atoms with Gasteiger partial charge in [0.25, 0.3) is 0 Å². The molecule has 1 amide bonds. The third kappa shape index (κ3) is 12.0. The van der Waals surface area contributed by atoms with Gasteiger partial charge in [-0.1, -0.05) is 77.6 Å². The van der Waals surface area contributed by atoms with E-state index in [0.29, 0.717) is 23.8 Å². The summed E-state index contributed by atoms with van der Waals surface area (Å²) in [5.74, 6) is 1.36. The Hall–Kier alpha value is -2.56. The molecule has 1 aromatic carbocycles. The summed E-state index contributed by atoms with van der Waals surface area (Å²) >= 11 is 0. The first-order valence-electron chi connectivity index (χ1n) is 11.9. The van der Waals surface area contributed by atoms with E-state index in [4.69, 9.17) is 9.47 Å². The van der Waals surface area contributed by atoms with Crippen LogP contribution in [0.5, 0.6) is 11.5 Å². The molecule has 5 nitrogen and oxygen atoms in total. The van der Waals surface area contributed by atoms with Crippen LogP contribution in [0.3, 0.4) is 0 Å². The number of carbonyl (C=O) groups is 1. The van der Waals surface area contributed by atoms with E-state index in [-0.39, 0.29) is 0 Å². The number of nitrogens with one attached hydrogen (secondary N) is 1. The summed E-state index contributed by atoms with van der Waals surface area (Å²) in [6.45, 7) is 2.73. The number of benzene rings is 1. The number of rotatable bonds is 16. The second-order valence-corrected chi connectivity index (χ2v) is 7.97. The predicted octanol–water partition coefficient (Wildman–Crippen LogP) is 8.12. The Bertz CT molecular complexity index is 704. The number of nitrogens with zero attached hydrogens (tertiary/aromatic N) is 1. The molecule has 0 saturated carbocycles. The fourth-order valence-electron chi connectivity index (χ4n) is 3.41. The fraction of sp³-hybridized carbons (Fsp3) is 0.538. The molecule has 1 aromatic heterocycles. The van der Waals surface area contributed by atoms with Crippen molar-refractivity contribution in [1.82, 2.24) is 4.98 Å². The zero-order chi connectivity index (χ0) is 22.0. The molecule has 2 rings (SSSR count). The molecule has 0 saturated heterocycles. The topological polar surface area (TPSA) is 60.5 Å². The standard InChI is InChI=1S/C26H38N2O3/c1-2-3-4-5-6-7-8-9-10-11-12-13-21-30-26(29)28-23-16-18-24(19-17-23)31-25-15-14-20-27-22-25/h14-20,22H,2-13,21H2,1H3,(H,28,29). The van der Waals surface area contributed by atoms with Crippen molar-refractivity contribution in [3.8, 4) is 11.5 Å². The Kier molecular flexibility index (Phi) is 12.9. The van der Waals surface area contributed by atoms with Gasteiger partial charge < -0.3 is 9.47 Å². The van der Waals surface area contributed by atoms with Gasteiger partial charge in [-0.3, -0.25) is 10.3 Å². The van der Waals surface area contributed by atoms with Gasteiger partial charge in [0.2, 0.25) is 0 Å². The lowest BCUT2D eigenvalue weighted by atomic mass is 10.1. The summed E-state index contributed by atoms with van der Waals surface area (Å²) in [5, 5.41) is 2.75. The Morgan fingerprint density at radius 3 is 2.00 bits per heavy atom. The van der Waals surface area contributed by atoms with E-state index in [2.05, 4.69) is 17.2 Å². The highest BCUT2D eigenvalue weighted by Crippen LogP contribution is 2.22. The molecule has 0 aliphatic carbocycles. The summed E-state index contributed by atoms with van der Waals surface area (Å²) in [4.78, 5) is 15.9. The van der Waals surface area contributed by atoms with Crippen LogP contribution < -0.4 is 10.1 Å². The van der Waals surface area contributed by atoms with Crippen LogP contribution in [0.25, 0.3) is 0 Å². The fourth-order valence-corrected chi connectivity index (χ4v) is 3.41. The number of carbonyl (C=O) groups excluding carboxylic acids is 1. The second kappa shape index (κ2) is 16.2. The first-order chi connectivity index (χ1) is 15.3. The Balaban J connectivity index is 1.45. The minimum absolute atomic E-state index is 0.413. The molecule has 2 aromatic rings. The molecular formula is C26H38N2O3. The number of anilines is 1. The van der Waals surface area contributed by atoms with Gasteiger partial charge in [0.15, 0.2) is 0 Å². The van der Waals surface area contributed by atoms with Crippen molar-refractivity contribution in [2.45, 2.75) is 84.0 Å². The molecule has 0 aliphatic heterocycles.